The molecule has 382 valence electrons. The standard InChI is InChI=1S/C54H87F2N6O5P/c1-6-9-10-11-12-13-14-15-16-17-18-19-20-21-38-64-41-42-67-68(63,65-39-36-61(7-2)34-22-24-45(4)59-51-30-32-57-53-43-47(55)26-28-49(51)53)66-40-37-62(8-3)35-23-25-46(5)60-52-31-33-58-54-44-48(56)27-29-50(52)54/h26-33,43-46H,6-25,34-42H2,1-5H3,(H,57,59)(H,58,60)/t45-,46-/m0/s1. The van der Waals surface area contributed by atoms with Gasteiger partial charge in [0.05, 0.1) is 37.5 Å². The molecule has 2 atom stereocenters. The summed E-state index contributed by atoms with van der Waals surface area (Å²) in [6.07, 6.45) is 25.6. The van der Waals surface area contributed by atoms with Gasteiger partial charge in [-0.3, -0.25) is 23.5 Å². The van der Waals surface area contributed by atoms with Crippen molar-refractivity contribution in [2.75, 3.05) is 82.9 Å². The number of benzene rings is 2. The zero-order valence-corrected chi connectivity index (χ0v) is 43.4. The van der Waals surface area contributed by atoms with E-state index >= 15 is 0 Å². The van der Waals surface area contributed by atoms with Gasteiger partial charge in [0.1, 0.15) is 11.6 Å². The highest BCUT2D eigenvalue weighted by molar-refractivity contribution is 7.48. The summed E-state index contributed by atoms with van der Waals surface area (Å²) < 4.78 is 65.4. The van der Waals surface area contributed by atoms with Crippen LogP contribution in [0.3, 0.4) is 0 Å². The van der Waals surface area contributed by atoms with E-state index in [0.717, 1.165) is 86.9 Å². The number of phosphoric ester groups is 1. The average Bonchev–Trinajstić information content (AvgIpc) is 3.32. The number of fused-ring (bicyclic) bond motifs is 2. The van der Waals surface area contributed by atoms with Gasteiger partial charge in [0.25, 0.3) is 0 Å². The van der Waals surface area contributed by atoms with Gasteiger partial charge in [0, 0.05) is 78.5 Å². The van der Waals surface area contributed by atoms with E-state index < -0.39 is 7.82 Å². The van der Waals surface area contributed by atoms with Crippen molar-refractivity contribution in [3.8, 4) is 0 Å². The third kappa shape index (κ3) is 23.1. The number of hydrogen-bond acceptors (Lipinski definition) is 11. The summed E-state index contributed by atoms with van der Waals surface area (Å²) in [5.41, 5.74) is 3.15. The summed E-state index contributed by atoms with van der Waals surface area (Å²) in [6, 6.07) is 13.6. The lowest BCUT2D eigenvalue weighted by Crippen LogP contribution is -2.30. The zero-order valence-electron chi connectivity index (χ0n) is 42.5. The first kappa shape index (κ1) is 57.3. The number of phosphoric acid groups is 1. The number of nitrogens with zero attached hydrogens (tertiary/aromatic N) is 4. The molecule has 11 nitrogen and oxygen atoms in total. The molecule has 0 fully saturated rings. The average molecular weight is 969 g/mol. The van der Waals surface area contributed by atoms with E-state index in [1.54, 1.807) is 24.5 Å². The SMILES string of the molecule is CCCCCCCCCCCCCCCCOCCOP(=O)(OCCN(CC)CCC[C@H](C)Nc1ccnc2cc(F)ccc12)OCCN(CC)CCC[C@H](C)Nc1ccnc2cc(F)ccc12. The molecule has 14 heteroatoms. The van der Waals surface area contributed by atoms with Crippen LogP contribution in [0, 0.1) is 11.6 Å². The predicted octanol–water partition coefficient (Wildman–Crippen LogP) is 14.2. The van der Waals surface area contributed by atoms with Crippen LogP contribution in [0.15, 0.2) is 60.9 Å². The molecule has 2 aromatic carbocycles. The van der Waals surface area contributed by atoms with E-state index in [2.05, 4.69) is 65.0 Å². The van der Waals surface area contributed by atoms with Gasteiger partial charge in [-0.1, -0.05) is 104 Å². The molecule has 4 rings (SSSR count). The summed E-state index contributed by atoms with van der Waals surface area (Å²) >= 11 is 0. The van der Waals surface area contributed by atoms with Crippen LogP contribution in [0.25, 0.3) is 21.8 Å². The molecule has 4 aromatic rings. The minimum absolute atomic E-state index is 0.129. The number of anilines is 2. The molecule has 68 heavy (non-hydrogen) atoms. The molecule has 0 aliphatic carbocycles. The van der Waals surface area contributed by atoms with Gasteiger partial charge in [0.2, 0.25) is 0 Å². The fraction of sp³-hybridized carbons (Fsp3) is 0.667. The highest BCUT2D eigenvalue weighted by Crippen LogP contribution is 2.49. The lowest BCUT2D eigenvalue weighted by atomic mass is 10.0. The van der Waals surface area contributed by atoms with Crippen molar-refractivity contribution >= 4 is 41.0 Å². The van der Waals surface area contributed by atoms with Gasteiger partial charge in [-0.05, 0) is 109 Å². The molecule has 0 amide bonds. The van der Waals surface area contributed by atoms with E-state index in [9.17, 15) is 13.3 Å². The number of pyridine rings is 2. The van der Waals surface area contributed by atoms with Gasteiger partial charge in [-0.2, -0.15) is 0 Å². The summed E-state index contributed by atoms with van der Waals surface area (Å²) in [5.74, 6) is -0.591. The lowest BCUT2D eigenvalue weighted by Gasteiger charge is -2.25. The van der Waals surface area contributed by atoms with Crippen LogP contribution in [-0.4, -0.2) is 104 Å². The zero-order chi connectivity index (χ0) is 48.7. The topological polar surface area (TPSA) is 110 Å². The fourth-order valence-corrected chi connectivity index (χ4v) is 9.78. The smallest absolute Gasteiger partial charge is 0.382 e. The van der Waals surface area contributed by atoms with Crippen molar-refractivity contribution in [1.82, 2.24) is 19.8 Å². The van der Waals surface area contributed by atoms with Gasteiger partial charge in [-0.15, -0.1) is 0 Å². The van der Waals surface area contributed by atoms with Gasteiger partial charge in [-0.25, -0.2) is 13.3 Å². The molecule has 0 saturated carbocycles. The Morgan fingerprint density at radius 3 is 1.40 bits per heavy atom. The first-order chi connectivity index (χ1) is 33.1. The van der Waals surface area contributed by atoms with Crippen LogP contribution in [0.4, 0.5) is 20.2 Å². The highest BCUT2D eigenvalue weighted by Gasteiger charge is 2.27. The largest absolute Gasteiger partial charge is 0.474 e. The number of halogens is 2. The molecule has 2 aromatic heterocycles. The molecule has 0 radical (unpaired) electrons. The van der Waals surface area contributed by atoms with Crippen LogP contribution in [0.5, 0.6) is 0 Å². The molecule has 0 unspecified atom stereocenters. The van der Waals surface area contributed by atoms with E-state index in [0.29, 0.717) is 37.3 Å². The van der Waals surface area contributed by atoms with Crippen molar-refractivity contribution in [3.63, 3.8) is 0 Å². The predicted molar refractivity (Wildman–Crippen MR) is 279 cm³/mol. The number of hydrogen-bond donors (Lipinski definition) is 2. The van der Waals surface area contributed by atoms with Crippen molar-refractivity contribution in [3.05, 3.63) is 72.6 Å². The summed E-state index contributed by atoms with van der Waals surface area (Å²) in [4.78, 5) is 13.2. The molecule has 2 heterocycles. The van der Waals surface area contributed by atoms with E-state index in [1.165, 1.54) is 101 Å². The quantitative estimate of drug-likeness (QED) is 0.0328. The Bertz CT molecular complexity index is 1880. The second-order valence-corrected chi connectivity index (χ2v) is 20.1. The van der Waals surface area contributed by atoms with Crippen LogP contribution in [-0.2, 0) is 22.9 Å². The normalized spacial score (nSPS) is 13.0. The van der Waals surface area contributed by atoms with E-state index in [1.807, 2.05) is 12.1 Å². The third-order valence-electron chi connectivity index (χ3n) is 12.8. The molecule has 0 saturated heterocycles. The number of likely N-dealkylation sites (N-methyl/N-ethyl adjacent to an activating group) is 2. The van der Waals surface area contributed by atoms with Crippen LogP contribution < -0.4 is 10.6 Å². The van der Waals surface area contributed by atoms with Crippen molar-refractivity contribution in [1.29, 1.82) is 0 Å². The number of rotatable bonds is 41. The monoisotopic (exact) mass is 969 g/mol. The first-order valence-corrected chi connectivity index (χ1v) is 27.8. The summed E-state index contributed by atoms with van der Waals surface area (Å²) in [7, 11) is -3.86. The summed E-state index contributed by atoms with van der Waals surface area (Å²) in [6.45, 7) is 16.9. The highest BCUT2D eigenvalue weighted by atomic mass is 31.2. The lowest BCUT2D eigenvalue weighted by molar-refractivity contribution is 0.0569. The maximum Gasteiger partial charge on any atom is 0.474 e. The molecular formula is C54H87F2N6O5P. The first-order valence-electron chi connectivity index (χ1n) is 26.3. The Morgan fingerprint density at radius 2 is 0.956 bits per heavy atom. The van der Waals surface area contributed by atoms with E-state index in [4.69, 9.17) is 18.3 Å². The Kier molecular flexibility index (Phi) is 28.7. The van der Waals surface area contributed by atoms with Crippen molar-refractivity contribution in [2.45, 2.75) is 162 Å². The van der Waals surface area contributed by atoms with Crippen molar-refractivity contribution < 1.29 is 31.7 Å². The number of aromatic nitrogens is 2. The molecular weight excluding hydrogens is 882 g/mol. The number of nitrogens with one attached hydrogen (secondary N) is 2. The molecule has 0 bridgehead atoms. The number of unbranched alkanes of at least 4 members (excludes halogenated alkanes) is 13. The minimum Gasteiger partial charge on any atom is -0.382 e. The Balaban J connectivity index is 1.16. The minimum atomic E-state index is -3.86. The maximum atomic E-state index is 14.1. The second-order valence-electron chi connectivity index (χ2n) is 18.4. The Morgan fingerprint density at radius 1 is 0.529 bits per heavy atom. The number of ether oxygens (including phenoxy) is 1. The molecule has 0 spiro atoms. The molecule has 2 N–H and O–H groups in total. The van der Waals surface area contributed by atoms with Gasteiger partial charge >= 0.3 is 7.82 Å². The Labute approximate surface area is 408 Å². The molecule has 0 aliphatic heterocycles. The Hall–Kier alpha value is -3.29. The molecule has 0 aliphatic rings. The van der Waals surface area contributed by atoms with E-state index in [-0.39, 0.29) is 43.5 Å². The maximum absolute atomic E-state index is 14.1. The fourth-order valence-electron chi connectivity index (χ4n) is 8.65. The van der Waals surface area contributed by atoms with Crippen LogP contribution >= 0.6 is 7.82 Å². The second kappa shape index (κ2) is 34.1. The van der Waals surface area contributed by atoms with Crippen LogP contribution in [0.2, 0.25) is 0 Å². The summed E-state index contributed by atoms with van der Waals surface area (Å²) in [5, 5.41) is 8.95. The third-order valence-corrected chi connectivity index (χ3v) is 14.3. The van der Waals surface area contributed by atoms with Gasteiger partial charge < -0.3 is 25.2 Å². The van der Waals surface area contributed by atoms with Gasteiger partial charge in [0.15, 0.2) is 0 Å². The van der Waals surface area contributed by atoms with Crippen molar-refractivity contribution in [2.24, 2.45) is 0 Å². The van der Waals surface area contributed by atoms with Crippen LogP contribution in [0.1, 0.15) is 150 Å².